The molecule has 0 aromatic rings. The summed E-state index contributed by atoms with van der Waals surface area (Å²) in [6, 6.07) is 0. The fraction of sp³-hybridized carbons (Fsp3) is 0.933. The Bertz CT molecular complexity index is 235. The summed E-state index contributed by atoms with van der Waals surface area (Å²) < 4.78 is 9.40. The number of hydrogen-bond acceptors (Lipinski definition) is 3. The highest BCUT2D eigenvalue weighted by atomic mass is 32.2. The Morgan fingerprint density at radius 2 is 1.78 bits per heavy atom. The molecule has 2 aliphatic carbocycles. The van der Waals surface area contributed by atoms with Crippen LogP contribution >= 0.6 is 11.9 Å². The molecular formula is C15H27NOS. The van der Waals surface area contributed by atoms with Gasteiger partial charge in [0.05, 0.1) is 5.25 Å². The van der Waals surface area contributed by atoms with Gasteiger partial charge in [0, 0.05) is 0 Å². The van der Waals surface area contributed by atoms with Crippen LogP contribution in [0.4, 0.5) is 0 Å². The summed E-state index contributed by atoms with van der Waals surface area (Å²) in [5, 5.41) is 0.652. The van der Waals surface area contributed by atoms with Crippen LogP contribution in [0.3, 0.4) is 0 Å². The van der Waals surface area contributed by atoms with Gasteiger partial charge in [0.15, 0.2) is 6.40 Å². The molecule has 1 heterocycles. The maximum atomic E-state index is 5.37. The zero-order valence-corrected chi connectivity index (χ0v) is 12.5. The molecule has 2 nitrogen and oxygen atoms in total. The molecule has 0 saturated heterocycles. The molecule has 2 saturated carbocycles. The van der Waals surface area contributed by atoms with Gasteiger partial charge in [-0.3, -0.25) is 0 Å². The second-order valence-corrected chi connectivity index (χ2v) is 6.75. The minimum Gasteiger partial charge on any atom is -0.478 e. The first-order valence-electron chi connectivity index (χ1n) is 7.73. The number of rotatable bonds is 1. The smallest absolute Gasteiger partial charge is 0.181 e. The highest BCUT2D eigenvalue weighted by Gasteiger charge is 2.28. The fourth-order valence-electron chi connectivity index (χ4n) is 3.14. The van der Waals surface area contributed by atoms with Gasteiger partial charge in [-0.05, 0) is 37.1 Å². The van der Waals surface area contributed by atoms with E-state index in [1.165, 1.54) is 64.2 Å². The normalized spacial score (nSPS) is 31.8. The SMILES string of the molecule is C1=NSC2CCCCC2O1.CCC1CCCCC1. The maximum absolute atomic E-state index is 5.37. The summed E-state index contributed by atoms with van der Waals surface area (Å²) >= 11 is 1.69. The molecule has 0 aromatic heterocycles. The monoisotopic (exact) mass is 269 g/mol. The standard InChI is InChI=1S/C8H16.C7H11NOS/c1-2-8-6-4-3-5-7-8;1-2-4-7-6(3-1)9-5-8-10-7/h8H,2-7H2,1H3;5-7H,1-4H2. The first kappa shape index (κ1) is 14.2. The van der Waals surface area contributed by atoms with Gasteiger partial charge in [0.1, 0.15) is 6.10 Å². The molecule has 0 spiro atoms. The van der Waals surface area contributed by atoms with Gasteiger partial charge >= 0.3 is 0 Å². The summed E-state index contributed by atoms with van der Waals surface area (Å²) in [7, 11) is 0. The Hall–Kier alpha value is -0.180. The first-order chi connectivity index (χ1) is 8.90. The molecule has 0 radical (unpaired) electrons. The lowest BCUT2D eigenvalue weighted by Gasteiger charge is -2.30. The molecule has 0 bridgehead atoms. The summed E-state index contributed by atoms with van der Waals surface area (Å²) in [5.41, 5.74) is 0. The van der Waals surface area contributed by atoms with E-state index in [-0.39, 0.29) is 0 Å². The van der Waals surface area contributed by atoms with Gasteiger partial charge in [-0.15, -0.1) is 0 Å². The Balaban J connectivity index is 0.000000138. The van der Waals surface area contributed by atoms with E-state index in [1.54, 1.807) is 18.3 Å². The van der Waals surface area contributed by atoms with E-state index in [1.807, 2.05) is 0 Å². The summed E-state index contributed by atoms with van der Waals surface area (Å²) in [6.45, 7) is 2.32. The van der Waals surface area contributed by atoms with Crippen LogP contribution in [0.5, 0.6) is 0 Å². The molecular weight excluding hydrogens is 242 g/mol. The third kappa shape index (κ3) is 4.49. The number of nitrogens with zero attached hydrogens (tertiary/aromatic N) is 1. The molecule has 18 heavy (non-hydrogen) atoms. The van der Waals surface area contributed by atoms with Crippen molar-refractivity contribution in [2.75, 3.05) is 0 Å². The number of fused-ring (bicyclic) bond motifs is 1. The zero-order chi connectivity index (χ0) is 12.6. The lowest BCUT2D eigenvalue weighted by molar-refractivity contribution is 0.155. The van der Waals surface area contributed by atoms with Crippen LogP contribution in [0, 0.1) is 5.92 Å². The molecule has 2 unspecified atom stereocenters. The van der Waals surface area contributed by atoms with Crippen LogP contribution in [-0.2, 0) is 4.74 Å². The van der Waals surface area contributed by atoms with Gasteiger partial charge in [-0.2, -0.15) is 4.40 Å². The molecule has 1 aliphatic heterocycles. The predicted molar refractivity (Wildman–Crippen MR) is 80.1 cm³/mol. The van der Waals surface area contributed by atoms with Crippen LogP contribution < -0.4 is 0 Å². The minimum atomic E-state index is 0.469. The average molecular weight is 269 g/mol. The van der Waals surface area contributed by atoms with Crippen LogP contribution in [-0.4, -0.2) is 17.8 Å². The molecule has 3 rings (SSSR count). The third-order valence-corrected chi connectivity index (χ3v) is 5.44. The zero-order valence-electron chi connectivity index (χ0n) is 11.6. The molecule has 104 valence electrons. The van der Waals surface area contributed by atoms with Crippen molar-refractivity contribution in [1.82, 2.24) is 0 Å². The van der Waals surface area contributed by atoms with Gasteiger partial charge in [-0.25, -0.2) is 0 Å². The molecule has 0 N–H and O–H groups in total. The minimum absolute atomic E-state index is 0.469. The van der Waals surface area contributed by atoms with Crippen molar-refractivity contribution in [2.24, 2.45) is 10.3 Å². The van der Waals surface area contributed by atoms with Gasteiger partial charge in [0.25, 0.3) is 0 Å². The quantitative estimate of drug-likeness (QED) is 0.626. The van der Waals surface area contributed by atoms with Crippen LogP contribution in [0.25, 0.3) is 0 Å². The van der Waals surface area contributed by atoms with E-state index in [9.17, 15) is 0 Å². The van der Waals surface area contributed by atoms with E-state index in [0.717, 1.165) is 5.92 Å². The number of hydrogen-bond donors (Lipinski definition) is 0. The van der Waals surface area contributed by atoms with Crippen molar-refractivity contribution in [3.8, 4) is 0 Å². The average Bonchev–Trinajstić information content (AvgIpc) is 2.49. The van der Waals surface area contributed by atoms with Crippen molar-refractivity contribution < 1.29 is 4.74 Å². The molecule has 2 fully saturated rings. The van der Waals surface area contributed by atoms with E-state index in [4.69, 9.17) is 4.74 Å². The van der Waals surface area contributed by atoms with Gasteiger partial charge in [-0.1, -0.05) is 51.9 Å². The van der Waals surface area contributed by atoms with E-state index in [2.05, 4.69) is 11.3 Å². The van der Waals surface area contributed by atoms with Crippen LogP contribution in [0.15, 0.2) is 4.40 Å². The van der Waals surface area contributed by atoms with Crippen molar-refractivity contribution in [2.45, 2.75) is 82.5 Å². The highest BCUT2D eigenvalue weighted by Crippen LogP contribution is 2.33. The molecule has 0 amide bonds. The van der Waals surface area contributed by atoms with Crippen LogP contribution in [0.2, 0.25) is 0 Å². The molecule has 0 aromatic carbocycles. The van der Waals surface area contributed by atoms with Crippen molar-refractivity contribution in [1.29, 1.82) is 0 Å². The third-order valence-electron chi connectivity index (χ3n) is 4.42. The highest BCUT2D eigenvalue weighted by molar-refractivity contribution is 7.98. The molecule has 3 heteroatoms. The van der Waals surface area contributed by atoms with E-state index >= 15 is 0 Å². The van der Waals surface area contributed by atoms with Crippen molar-refractivity contribution >= 4 is 18.3 Å². The Morgan fingerprint density at radius 3 is 2.44 bits per heavy atom. The Labute approximate surface area is 116 Å². The lowest BCUT2D eigenvalue weighted by Crippen LogP contribution is -2.31. The number of ether oxygens (including phenoxy) is 1. The van der Waals surface area contributed by atoms with Crippen molar-refractivity contribution in [3.05, 3.63) is 0 Å². The van der Waals surface area contributed by atoms with Gasteiger partial charge < -0.3 is 4.74 Å². The fourth-order valence-corrected chi connectivity index (χ4v) is 4.00. The summed E-state index contributed by atoms with van der Waals surface area (Å²) in [5.74, 6) is 1.09. The summed E-state index contributed by atoms with van der Waals surface area (Å²) in [4.78, 5) is 0. The lowest BCUT2D eigenvalue weighted by atomic mass is 9.88. The Kier molecular flexibility index (Phi) is 6.39. The maximum Gasteiger partial charge on any atom is 0.181 e. The first-order valence-corrected chi connectivity index (χ1v) is 8.57. The van der Waals surface area contributed by atoms with Crippen LogP contribution in [0.1, 0.15) is 71.1 Å². The molecule has 3 aliphatic rings. The second-order valence-electron chi connectivity index (χ2n) is 5.73. The molecule has 2 atom stereocenters. The van der Waals surface area contributed by atoms with Gasteiger partial charge in [0.2, 0.25) is 0 Å². The summed E-state index contributed by atoms with van der Waals surface area (Å²) in [6.07, 6.45) is 16.2. The van der Waals surface area contributed by atoms with Crippen molar-refractivity contribution in [3.63, 3.8) is 0 Å². The Morgan fingerprint density at radius 1 is 1.06 bits per heavy atom. The predicted octanol–water partition coefficient (Wildman–Crippen LogP) is 4.98. The largest absolute Gasteiger partial charge is 0.478 e. The van der Waals surface area contributed by atoms with E-state index in [0.29, 0.717) is 11.4 Å². The van der Waals surface area contributed by atoms with E-state index < -0.39 is 0 Å². The second kappa shape index (κ2) is 8.08. The topological polar surface area (TPSA) is 21.6 Å².